The lowest BCUT2D eigenvalue weighted by molar-refractivity contribution is -0.0499. The minimum absolute atomic E-state index is 0.0137. The van der Waals surface area contributed by atoms with E-state index in [1.807, 2.05) is 0 Å². The molecule has 0 amide bonds. The molecule has 6 nitrogen and oxygen atoms in total. The predicted octanol–water partition coefficient (Wildman–Crippen LogP) is 4.33. The molecule has 2 aromatic rings. The van der Waals surface area contributed by atoms with E-state index in [0.29, 0.717) is 12.4 Å². The summed E-state index contributed by atoms with van der Waals surface area (Å²) in [5.41, 5.74) is -5.52. The van der Waals surface area contributed by atoms with Crippen LogP contribution in [0, 0.1) is 0 Å². The average Bonchev–Trinajstić information content (AvgIpc) is 2.61. The second-order valence-electron chi connectivity index (χ2n) is 5.63. The summed E-state index contributed by atoms with van der Waals surface area (Å²) in [5.74, 6) is -0.0825. The topological polar surface area (TPSA) is 78.4 Å². The summed E-state index contributed by atoms with van der Waals surface area (Å²) < 4.78 is 69.8. The van der Waals surface area contributed by atoms with E-state index < -0.39 is 21.4 Å². The molecule has 27 heavy (non-hydrogen) atoms. The van der Waals surface area contributed by atoms with Crippen LogP contribution in [0.1, 0.15) is 32.6 Å². The summed E-state index contributed by atoms with van der Waals surface area (Å²) in [5, 5.41) is 0. The highest BCUT2D eigenvalue weighted by Crippen LogP contribution is 2.32. The Bertz CT molecular complexity index is 840. The maximum absolute atomic E-state index is 12.5. The van der Waals surface area contributed by atoms with Gasteiger partial charge < -0.3 is 8.92 Å². The van der Waals surface area contributed by atoms with E-state index in [4.69, 9.17) is 4.74 Å². The molecule has 0 aliphatic rings. The number of para-hydroxylation sites is 1. The molecule has 10 heteroatoms. The number of unbranched alkanes of at least 4 members (excludes halogenated alkanes) is 3. The Morgan fingerprint density at radius 1 is 1.04 bits per heavy atom. The zero-order valence-electron chi connectivity index (χ0n) is 14.6. The van der Waals surface area contributed by atoms with Crippen molar-refractivity contribution in [3.8, 4) is 22.9 Å². The molecule has 1 aromatic heterocycles. The fraction of sp³-hybridized carbons (Fsp3) is 0.412. The van der Waals surface area contributed by atoms with Crippen LogP contribution in [0.5, 0.6) is 11.5 Å². The first-order valence-corrected chi connectivity index (χ1v) is 9.70. The van der Waals surface area contributed by atoms with Gasteiger partial charge in [-0.3, -0.25) is 0 Å². The minimum atomic E-state index is -5.79. The maximum Gasteiger partial charge on any atom is 0.534 e. The number of hydrogen-bond acceptors (Lipinski definition) is 6. The lowest BCUT2D eigenvalue weighted by Gasteiger charge is -2.12. The summed E-state index contributed by atoms with van der Waals surface area (Å²) in [7, 11) is -5.79. The van der Waals surface area contributed by atoms with E-state index >= 15 is 0 Å². The lowest BCUT2D eigenvalue weighted by Crippen LogP contribution is -2.28. The van der Waals surface area contributed by atoms with Gasteiger partial charge in [0.15, 0.2) is 17.3 Å². The first kappa shape index (κ1) is 20.9. The summed E-state index contributed by atoms with van der Waals surface area (Å²) in [4.78, 5) is 8.05. The Morgan fingerprint density at radius 2 is 1.70 bits per heavy atom. The molecule has 0 unspecified atom stereocenters. The van der Waals surface area contributed by atoms with Crippen LogP contribution in [-0.2, 0) is 10.1 Å². The van der Waals surface area contributed by atoms with E-state index in [0.717, 1.165) is 31.7 Å². The summed E-state index contributed by atoms with van der Waals surface area (Å²) in [6, 6.07) is 5.31. The van der Waals surface area contributed by atoms with Crippen LogP contribution in [0.15, 0.2) is 36.7 Å². The normalized spacial score (nSPS) is 12.0. The van der Waals surface area contributed by atoms with Gasteiger partial charge in [-0.15, -0.1) is 0 Å². The van der Waals surface area contributed by atoms with Crippen LogP contribution in [0.3, 0.4) is 0 Å². The van der Waals surface area contributed by atoms with Crippen molar-refractivity contribution < 1.29 is 30.5 Å². The van der Waals surface area contributed by atoms with Gasteiger partial charge in [-0.25, -0.2) is 9.97 Å². The zero-order valence-corrected chi connectivity index (χ0v) is 15.4. The van der Waals surface area contributed by atoms with Crippen molar-refractivity contribution in [2.75, 3.05) is 6.61 Å². The van der Waals surface area contributed by atoms with E-state index in [-0.39, 0.29) is 11.4 Å². The van der Waals surface area contributed by atoms with Crippen molar-refractivity contribution in [3.63, 3.8) is 0 Å². The first-order chi connectivity index (χ1) is 12.7. The number of benzene rings is 1. The molecule has 148 valence electrons. The van der Waals surface area contributed by atoms with Gasteiger partial charge in [0.1, 0.15) is 0 Å². The molecule has 0 N–H and O–H groups in total. The molecule has 2 rings (SSSR count). The van der Waals surface area contributed by atoms with Crippen LogP contribution in [0.25, 0.3) is 11.4 Å². The van der Waals surface area contributed by atoms with Gasteiger partial charge in [0.05, 0.1) is 24.6 Å². The van der Waals surface area contributed by atoms with E-state index in [1.54, 1.807) is 0 Å². The third-order valence-corrected chi connectivity index (χ3v) is 4.47. The number of alkyl halides is 3. The molecular formula is C17H19F3N2O4S. The van der Waals surface area contributed by atoms with E-state index in [1.165, 1.54) is 30.6 Å². The molecule has 1 heterocycles. The van der Waals surface area contributed by atoms with Gasteiger partial charge in [0.2, 0.25) is 0 Å². The van der Waals surface area contributed by atoms with Crippen molar-refractivity contribution in [1.82, 2.24) is 9.97 Å². The van der Waals surface area contributed by atoms with Crippen LogP contribution < -0.4 is 8.92 Å². The molecule has 0 aliphatic carbocycles. The van der Waals surface area contributed by atoms with Crippen LogP contribution in [0.2, 0.25) is 0 Å². The molecule has 0 aliphatic heterocycles. The minimum Gasteiger partial charge on any atom is -0.490 e. The number of aromatic nitrogens is 2. The van der Waals surface area contributed by atoms with Crippen LogP contribution in [-0.4, -0.2) is 30.5 Å². The van der Waals surface area contributed by atoms with Crippen LogP contribution >= 0.6 is 0 Å². The van der Waals surface area contributed by atoms with Crippen molar-refractivity contribution in [2.24, 2.45) is 0 Å². The zero-order chi connectivity index (χ0) is 19.9. The maximum atomic E-state index is 12.5. The van der Waals surface area contributed by atoms with Gasteiger partial charge in [-0.05, 0) is 18.6 Å². The van der Waals surface area contributed by atoms with Gasteiger partial charge >= 0.3 is 15.6 Å². The largest absolute Gasteiger partial charge is 0.534 e. The Labute approximate surface area is 155 Å². The Kier molecular flexibility index (Phi) is 7.00. The van der Waals surface area contributed by atoms with Gasteiger partial charge in [0, 0.05) is 0 Å². The number of rotatable bonds is 9. The Hall–Kier alpha value is -2.36. The molecule has 0 spiro atoms. The summed E-state index contributed by atoms with van der Waals surface area (Å²) in [6.07, 6.45) is 6.92. The standard InChI is InChI=1S/C17H19F3N2O4S/c1-2-3-4-7-10-25-13-11-21-16(22-12-13)14-8-5-6-9-15(14)26-27(23,24)17(18,19)20/h5-6,8-9,11-12H,2-4,7,10H2,1H3. The van der Waals surface area contributed by atoms with Gasteiger partial charge in [-0.2, -0.15) is 21.6 Å². The number of hydrogen-bond donors (Lipinski definition) is 0. The SMILES string of the molecule is CCCCCCOc1cnc(-c2ccccc2OS(=O)(=O)C(F)(F)F)nc1. The molecule has 0 fully saturated rings. The van der Waals surface area contributed by atoms with Crippen LogP contribution in [0.4, 0.5) is 13.2 Å². The molecule has 0 atom stereocenters. The quantitative estimate of drug-likeness (QED) is 0.352. The monoisotopic (exact) mass is 404 g/mol. The summed E-state index contributed by atoms with van der Waals surface area (Å²) in [6.45, 7) is 2.61. The van der Waals surface area contributed by atoms with Crippen molar-refractivity contribution in [1.29, 1.82) is 0 Å². The smallest absolute Gasteiger partial charge is 0.490 e. The Morgan fingerprint density at radius 3 is 2.33 bits per heavy atom. The number of ether oxygens (including phenoxy) is 1. The number of nitrogens with zero attached hydrogens (tertiary/aromatic N) is 2. The van der Waals surface area contributed by atoms with Crippen molar-refractivity contribution in [2.45, 2.75) is 38.1 Å². The highest BCUT2D eigenvalue weighted by molar-refractivity contribution is 7.88. The highest BCUT2D eigenvalue weighted by atomic mass is 32.2. The van der Waals surface area contributed by atoms with Crippen molar-refractivity contribution >= 4 is 10.1 Å². The molecule has 0 radical (unpaired) electrons. The first-order valence-electron chi connectivity index (χ1n) is 8.29. The molecule has 1 aromatic carbocycles. The third kappa shape index (κ3) is 5.81. The fourth-order valence-electron chi connectivity index (χ4n) is 2.14. The third-order valence-electron chi connectivity index (χ3n) is 3.51. The highest BCUT2D eigenvalue weighted by Gasteiger charge is 2.48. The summed E-state index contributed by atoms with van der Waals surface area (Å²) >= 11 is 0. The van der Waals surface area contributed by atoms with Gasteiger partial charge in [0.25, 0.3) is 0 Å². The lowest BCUT2D eigenvalue weighted by atomic mass is 10.2. The van der Waals surface area contributed by atoms with Gasteiger partial charge in [-0.1, -0.05) is 38.3 Å². The predicted molar refractivity (Wildman–Crippen MR) is 92.7 cm³/mol. The number of halogens is 3. The molecule has 0 saturated heterocycles. The average molecular weight is 404 g/mol. The second kappa shape index (κ2) is 9.03. The fourth-order valence-corrected chi connectivity index (χ4v) is 2.61. The molecular weight excluding hydrogens is 385 g/mol. The molecule has 0 bridgehead atoms. The van der Waals surface area contributed by atoms with E-state index in [2.05, 4.69) is 21.1 Å². The van der Waals surface area contributed by atoms with E-state index in [9.17, 15) is 21.6 Å². The second-order valence-corrected chi connectivity index (χ2v) is 7.17. The molecule has 0 saturated carbocycles. The Balaban J connectivity index is 2.13. The van der Waals surface area contributed by atoms with Crippen molar-refractivity contribution in [3.05, 3.63) is 36.7 Å².